The molecule has 2 rings (SSSR count). The Labute approximate surface area is 125 Å². The number of benzene rings is 1. The van der Waals surface area contributed by atoms with E-state index in [1.807, 2.05) is 19.9 Å². The third kappa shape index (κ3) is 3.61. The van der Waals surface area contributed by atoms with Gasteiger partial charge in [0, 0.05) is 31.2 Å². The maximum atomic E-state index is 12.4. The molecule has 1 aliphatic heterocycles. The number of nitrogens with one attached hydrogen (secondary N) is 1. The average Bonchev–Trinajstić information content (AvgIpc) is 2.45. The number of anilines is 1. The van der Waals surface area contributed by atoms with Gasteiger partial charge in [-0.25, -0.2) is 4.79 Å². The smallest absolute Gasteiger partial charge is 0.336 e. The maximum absolute atomic E-state index is 12.4. The first-order chi connectivity index (χ1) is 10.0. The highest BCUT2D eigenvalue weighted by Crippen LogP contribution is 2.30. The number of nitrogens with zero attached hydrogens (tertiary/aromatic N) is 1. The zero-order valence-electron chi connectivity index (χ0n) is 12.6. The molecule has 1 aliphatic rings. The van der Waals surface area contributed by atoms with E-state index in [9.17, 15) is 14.7 Å². The van der Waals surface area contributed by atoms with E-state index in [2.05, 4.69) is 5.32 Å². The SMILES string of the molecule is CC(C)NCCC(=O)N1CCCc2c(C(=O)O)cccc21. The fourth-order valence-corrected chi connectivity index (χ4v) is 2.69. The molecule has 1 heterocycles. The van der Waals surface area contributed by atoms with Crippen LogP contribution in [0.4, 0.5) is 5.69 Å². The molecule has 0 fully saturated rings. The van der Waals surface area contributed by atoms with Crippen molar-refractivity contribution < 1.29 is 14.7 Å². The average molecular weight is 290 g/mol. The third-order valence-corrected chi connectivity index (χ3v) is 3.67. The zero-order valence-corrected chi connectivity index (χ0v) is 12.6. The van der Waals surface area contributed by atoms with Crippen LogP contribution in [0.1, 0.15) is 42.6 Å². The monoisotopic (exact) mass is 290 g/mol. The Morgan fingerprint density at radius 2 is 2.14 bits per heavy atom. The molecule has 0 saturated heterocycles. The van der Waals surface area contributed by atoms with Crippen molar-refractivity contribution in [3.63, 3.8) is 0 Å². The van der Waals surface area contributed by atoms with Crippen molar-refractivity contribution in [2.75, 3.05) is 18.0 Å². The number of aromatic carboxylic acids is 1. The van der Waals surface area contributed by atoms with Gasteiger partial charge < -0.3 is 15.3 Å². The minimum absolute atomic E-state index is 0.0478. The van der Waals surface area contributed by atoms with E-state index in [-0.39, 0.29) is 5.91 Å². The molecule has 5 heteroatoms. The van der Waals surface area contributed by atoms with Crippen LogP contribution in [0.15, 0.2) is 18.2 Å². The summed E-state index contributed by atoms with van der Waals surface area (Å²) in [6.07, 6.45) is 1.95. The van der Waals surface area contributed by atoms with Crippen molar-refractivity contribution in [2.45, 2.75) is 39.2 Å². The second-order valence-corrected chi connectivity index (χ2v) is 5.62. The van der Waals surface area contributed by atoms with Gasteiger partial charge in [0.15, 0.2) is 0 Å². The fraction of sp³-hybridized carbons (Fsp3) is 0.500. The number of carboxylic acids is 1. The summed E-state index contributed by atoms with van der Waals surface area (Å²) in [6, 6.07) is 5.51. The lowest BCUT2D eigenvalue weighted by atomic mass is 9.96. The molecule has 1 aromatic carbocycles. The molecule has 1 aromatic rings. The first-order valence-electron chi connectivity index (χ1n) is 7.39. The molecule has 0 radical (unpaired) electrons. The summed E-state index contributed by atoms with van der Waals surface area (Å²) in [4.78, 5) is 25.4. The molecule has 1 amide bonds. The Morgan fingerprint density at radius 1 is 1.38 bits per heavy atom. The van der Waals surface area contributed by atoms with Crippen molar-refractivity contribution >= 4 is 17.6 Å². The summed E-state index contributed by atoms with van der Waals surface area (Å²) >= 11 is 0. The highest BCUT2D eigenvalue weighted by Gasteiger charge is 2.25. The van der Waals surface area contributed by atoms with Gasteiger partial charge in [0.05, 0.1) is 5.56 Å². The predicted octanol–water partition coefficient (Wildman–Crippen LogP) is 2.05. The van der Waals surface area contributed by atoms with Crippen LogP contribution in [-0.2, 0) is 11.2 Å². The van der Waals surface area contributed by atoms with Crippen LogP contribution in [0, 0.1) is 0 Å². The van der Waals surface area contributed by atoms with Crippen LogP contribution in [0.25, 0.3) is 0 Å². The predicted molar refractivity (Wildman–Crippen MR) is 81.8 cm³/mol. The Balaban J connectivity index is 2.16. The first-order valence-corrected chi connectivity index (χ1v) is 7.39. The molecule has 0 bridgehead atoms. The maximum Gasteiger partial charge on any atom is 0.336 e. The van der Waals surface area contributed by atoms with Gasteiger partial charge in [0.25, 0.3) is 0 Å². The van der Waals surface area contributed by atoms with Crippen molar-refractivity contribution in [1.29, 1.82) is 0 Å². The van der Waals surface area contributed by atoms with E-state index >= 15 is 0 Å². The summed E-state index contributed by atoms with van der Waals surface area (Å²) in [7, 11) is 0. The van der Waals surface area contributed by atoms with Crippen LogP contribution in [0.2, 0.25) is 0 Å². The minimum atomic E-state index is -0.928. The summed E-state index contributed by atoms with van der Waals surface area (Å²) < 4.78 is 0. The molecule has 2 N–H and O–H groups in total. The largest absolute Gasteiger partial charge is 0.478 e. The van der Waals surface area contributed by atoms with Gasteiger partial charge in [-0.1, -0.05) is 19.9 Å². The molecule has 0 atom stereocenters. The Kier molecular flexibility index (Phi) is 4.96. The molecular formula is C16H22N2O3. The van der Waals surface area contributed by atoms with E-state index in [0.717, 1.165) is 17.7 Å². The van der Waals surface area contributed by atoms with Gasteiger partial charge in [-0.2, -0.15) is 0 Å². The standard InChI is InChI=1S/C16H22N2O3/c1-11(2)17-9-8-15(19)18-10-4-6-12-13(16(20)21)5-3-7-14(12)18/h3,5,7,11,17H,4,6,8-10H2,1-2H3,(H,20,21). The number of carboxylic acid groups (broad SMARTS) is 1. The number of hydrogen-bond donors (Lipinski definition) is 2. The van der Waals surface area contributed by atoms with E-state index < -0.39 is 5.97 Å². The number of rotatable bonds is 5. The number of carbonyl (C=O) groups excluding carboxylic acids is 1. The summed E-state index contributed by atoms with van der Waals surface area (Å²) in [6.45, 7) is 5.39. The third-order valence-electron chi connectivity index (χ3n) is 3.67. The number of amides is 1. The normalized spacial score (nSPS) is 14.1. The lowest BCUT2D eigenvalue weighted by molar-refractivity contribution is -0.118. The van der Waals surface area contributed by atoms with Gasteiger partial charge in [-0.3, -0.25) is 4.79 Å². The Bertz CT molecular complexity index is 540. The lowest BCUT2D eigenvalue weighted by Crippen LogP contribution is -2.38. The molecule has 114 valence electrons. The van der Waals surface area contributed by atoms with Crippen LogP contribution < -0.4 is 10.2 Å². The van der Waals surface area contributed by atoms with Crippen molar-refractivity contribution in [3.05, 3.63) is 29.3 Å². The second-order valence-electron chi connectivity index (χ2n) is 5.62. The van der Waals surface area contributed by atoms with Crippen LogP contribution in [0.3, 0.4) is 0 Å². The minimum Gasteiger partial charge on any atom is -0.478 e. The van der Waals surface area contributed by atoms with Crippen LogP contribution >= 0.6 is 0 Å². The van der Waals surface area contributed by atoms with E-state index in [0.29, 0.717) is 37.5 Å². The van der Waals surface area contributed by atoms with E-state index in [1.54, 1.807) is 17.0 Å². The molecule has 0 unspecified atom stereocenters. The van der Waals surface area contributed by atoms with Gasteiger partial charge in [0.2, 0.25) is 5.91 Å². The highest BCUT2D eigenvalue weighted by molar-refractivity contribution is 5.98. The van der Waals surface area contributed by atoms with Crippen molar-refractivity contribution in [1.82, 2.24) is 5.32 Å². The fourth-order valence-electron chi connectivity index (χ4n) is 2.69. The number of fused-ring (bicyclic) bond motifs is 1. The molecule has 0 aliphatic carbocycles. The highest BCUT2D eigenvalue weighted by atomic mass is 16.4. The van der Waals surface area contributed by atoms with Gasteiger partial charge in [-0.05, 0) is 30.5 Å². The van der Waals surface area contributed by atoms with Crippen LogP contribution in [0.5, 0.6) is 0 Å². The summed E-state index contributed by atoms with van der Waals surface area (Å²) in [5.74, 6) is -0.880. The summed E-state index contributed by atoms with van der Waals surface area (Å²) in [5.41, 5.74) is 1.85. The summed E-state index contributed by atoms with van der Waals surface area (Å²) in [5, 5.41) is 12.5. The second kappa shape index (κ2) is 6.72. The van der Waals surface area contributed by atoms with E-state index in [4.69, 9.17) is 0 Å². The number of hydrogen-bond acceptors (Lipinski definition) is 3. The first kappa shape index (κ1) is 15.5. The lowest BCUT2D eigenvalue weighted by Gasteiger charge is -2.30. The van der Waals surface area contributed by atoms with Gasteiger partial charge >= 0.3 is 5.97 Å². The number of carbonyl (C=O) groups is 2. The molecule has 5 nitrogen and oxygen atoms in total. The van der Waals surface area contributed by atoms with Gasteiger partial charge in [-0.15, -0.1) is 0 Å². The quantitative estimate of drug-likeness (QED) is 0.871. The van der Waals surface area contributed by atoms with Crippen molar-refractivity contribution in [2.24, 2.45) is 0 Å². The molecular weight excluding hydrogens is 268 g/mol. The van der Waals surface area contributed by atoms with Gasteiger partial charge in [0.1, 0.15) is 0 Å². The molecule has 21 heavy (non-hydrogen) atoms. The molecule has 0 saturated carbocycles. The topological polar surface area (TPSA) is 69.6 Å². The van der Waals surface area contributed by atoms with E-state index in [1.165, 1.54) is 0 Å². The Hall–Kier alpha value is -1.88. The Morgan fingerprint density at radius 3 is 2.81 bits per heavy atom. The zero-order chi connectivity index (χ0) is 15.4. The van der Waals surface area contributed by atoms with Crippen molar-refractivity contribution in [3.8, 4) is 0 Å². The van der Waals surface area contributed by atoms with Crippen LogP contribution in [-0.4, -0.2) is 36.1 Å². The molecule has 0 spiro atoms. The molecule has 0 aromatic heterocycles.